The first-order valence-corrected chi connectivity index (χ1v) is 12.0. The largest absolute Gasteiger partial charge is 0.366 e. The van der Waals surface area contributed by atoms with Crippen molar-refractivity contribution in [3.63, 3.8) is 0 Å². The topological polar surface area (TPSA) is 65.6 Å². The molecular formula is C27H23N5S. The molecule has 2 aromatic heterocycles. The molecule has 162 valence electrons. The minimum atomic E-state index is 0.751. The van der Waals surface area contributed by atoms with Gasteiger partial charge in [-0.2, -0.15) is 5.10 Å². The van der Waals surface area contributed by atoms with Gasteiger partial charge in [-0.25, -0.2) is 4.98 Å². The van der Waals surface area contributed by atoms with E-state index in [2.05, 4.69) is 80.4 Å². The van der Waals surface area contributed by atoms with Gasteiger partial charge in [0.25, 0.3) is 0 Å². The van der Waals surface area contributed by atoms with E-state index < -0.39 is 0 Å². The molecule has 0 unspecified atom stereocenters. The molecule has 33 heavy (non-hydrogen) atoms. The predicted octanol–water partition coefficient (Wildman–Crippen LogP) is 6.63. The Balaban J connectivity index is 1.26. The molecule has 3 heterocycles. The lowest BCUT2D eigenvalue weighted by molar-refractivity contribution is 1.11. The third kappa shape index (κ3) is 4.17. The van der Waals surface area contributed by atoms with Crippen LogP contribution >= 0.6 is 11.8 Å². The molecule has 3 N–H and O–H groups in total. The van der Waals surface area contributed by atoms with Crippen LogP contribution in [0.4, 0.5) is 17.2 Å². The highest BCUT2D eigenvalue weighted by Crippen LogP contribution is 2.42. The van der Waals surface area contributed by atoms with E-state index >= 15 is 0 Å². The molecule has 0 fully saturated rings. The number of rotatable bonds is 6. The van der Waals surface area contributed by atoms with Gasteiger partial charge in [-0.05, 0) is 71.1 Å². The molecule has 0 amide bonds. The summed E-state index contributed by atoms with van der Waals surface area (Å²) in [4.78, 5) is 5.69. The fourth-order valence-corrected chi connectivity index (χ4v) is 5.36. The lowest BCUT2D eigenvalue weighted by Gasteiger charge is -2.14. The molecular weight excluding hydrogens is 426 g/mol. The molecule has 0 saturated carbocycles. The van der Waals surface area contributed by atoms with Crippen molar-refractivity contribution in [3.05, 3.63) is 96.3 Å². The minimum Gasteiger partial charge on any atom is -0.366 e. The predicted molar refractivity (Wildman–Crippen MR) is 137 cm³/mol. The zero-order chi connectivity index (χ0) is 22.0. The molecule has 0 saturated heterocycles. The van der Waals surface area contributed by atoms with Crippen molar-refractivity contribution in [2.24, 2.45) is 0 Å². The van der Waals surface area contributed by atoms with E-state index in [-0.39, 0.29) is 0 Å². The number of aryl methyl sites for hydroxylation is 1. The van der Waals surface area contributed by atoms with Gasteiger partial charge < -0.3 is 10.6 Å². The van der Waals surface area contributed by atoms with Crippen molar-refractivity contribution in [2.75, 3.05) is 16.4 Å². The number of nitrogens with zero attached hydrogens (tertiary/aromatic N) is 2. The molecule has 5 aromatic rings. The summed E-state index contributed by atoms with van der Waals surface area (Å²) < 4.78 is 0. The van der Waals surface area contributed by atoms with Crippen molar-refractivity contribution < 1.29 is 0 Å². The van der Waals surface area contributed by atoms with E-state index in [0.29, 0.717) is 0 Å². The molecule has 0 radical (unpaired) electrons. The quantitative estimate of drug-likeness (QED) is 0.272. The average molecular weight is 450 g/mol. The molecule has 0 aliphatic carbocycles. The average Bonchev–Trinajstić information content (AvgIpc) is 3.53. The minimum absolute atomic E-state index is 0.751. The van der Waals surface area contributed by atoms with Gasteiger partial charge in [0.15, 0.2) is 0 Å². The second kappa shape index (κ2) is 8.64. The molecule has 5 nitrogen and oxygen atoms in total. The van der Waals surface area contributed by atoms with Gasteiger partial charge in [0, 0.05) is 34.5 Å². The Kier molecular flexibility index (Phi) is 5.20. The van der Waals surface area contributed by atoms with Crippen molar-refractivity contribution in [2.45, 2.75) is 17.9 Å². The molecule has 1 aliphatic heterocycles. The summed E-state index contributed by atoms with van der Waals surface area (Å²) in [7, 11) is 0. The third-order valence-electron chi connectivity index (χ3n) is 5.93. The normalized spacial score (nSPS) is 12.6. The standard InChI is InChI=1S/C27H23N5S/c1-2-11-28-26(3-1)29-16-18-4-6-19(7-5-18)21-13-20-10-12-33-27(20)25(15-21)31-23-8-9-24-22(14-23)17-30-32-24/h1-9,11,13-15,17,31H,10,12,16H2,(H,28,29)(H,30,32). The van der Waals surface area contributed by atoms with Crippen molar-refractivity contribution in [3.8, 4) is 11.1 Å². The zero-order valence-corrected chi connectivity index (χ0v) is 18.8. The lowest BCUT2D eigenvalue weighted by Crippen LogP contribution is -2.00. The fraction of sp³-hybridized carbons (Fsp3) is 0.111. The van der Waals surface area contributed by atoms with Gasteiger partial charge in [-0.15, -0.1) is 11.8 Å². The van der Waals surface area contributed by atoms with Gasteiger partial charge in [0.05, 0.1) is 17.4 Å². The fourth-order valence-electron chi connectivity index (χ4n) is 4.22. The van der Waals surface area contributed by atoms with Crippen LogP contribution in [0.3, 0.4) is 0 Å². The maximum Gasteiger partial charge on any atom is 0.126 e. The summed E-state index contributed by atoms with van der Waals surface area (Å²) in [6, 6.07) is 25.6. The maximum atomic E-state index is 4.32. The van der Waals surface area contributed by atoms with Crippen LogP contribution < -0.4 is 10.6 Å². The number of nitrogens with one attached hydrogen (secondary N) is 3. The number of hydrogen-bond donors (Lipinski definition) is 3. The van der Waals surface area contributed by atoms with Crippen LogP contribution in [0.15, 0.2) is 90.1 Å². The number of hydrogen-bond acceptors (Lipinski definition) is 5. The third-order valence-corrected chi connectivity index (χ3v) is 7.11. The molecule has 6 rings (SSSR count). The van der Waals surface area contributed by atoms with E-state index in [4.69, 9.17) is 0 Å². The number of anilines is 3. The van der Waals surface area contributed by atoms with Gasteiger partial charge >= 0.3 is 0 Å². The number of aromatic nitrogens is 3. The number of aromatic amines is 1. The Morgan fingerprint density at radius 2 is 1.88 bits per heavy atom. The Hall–Kier alpha value is -3.77. The van der Waals surface area contributed by atoms with E-state index in [0.717, 1.165) is 41.1 Å². The van der Waals surface area contributed by atoms with Crippen LogP contribution in [0.1, 0.15) is 11.1 Å². The van der Waals surface area contributed by atoms with Crippen LogP contribution in [0.2, 0.25) is 0 Å². The smallest absolute Gasteiger partial charge is 0.126 e. The highest BCUT2D eigenvalue weighted by Gasteiger charge is 2.18. The van der Waals surface area contributed by atoms with Gasteiger partial charge in [-0.1, -0.05) is 30.3 Å². The molecule has 0 atom stereocenters. The first-order valence-electron chi connectivity index (χ1n) is 11.1. The van der Waals surface area contributed by atoms with Crippen LogP contribution in [-0.2, 0) is 13.0 Å². The second-order valence-corrected chi connectivity index (χ2v) is 9.28. The Morgan fingerprint density at radius 3 is 2.76 bits per heavy atom. The van der Waals surface area contributed by atoms with E-state index in [1.807, 2.05) is 36.2 Å². The Labute approximate surface area is 196 Å². The summed E-state index contributed by atoms with van der Waals surface area (Å²) in [5.41, 5.74) is 8.42. The first-order chi connectivity index (χ1) is 16.3. The first kappa shape index (κ1) is 19.9. The molecule has 0 bridgehead atoms. The summed E-state index contributed by atoms with van der Waals surface area (Å²) in [6.45, 7) is 0.751. The Bertz CT molecular complexity index is 1410. The highest BCUT2D eigenvalue weighted by molar-refractivity contribution is 7.99. The number of fused-ring (bicyclic) bond motifs is 2. The summed E-state index contributed by atoms with van der Waals surface area (Å²) in [5, 5.41) is 15.3. The van der Waals surface area contributed by atoms with Crippen molar-refractivity contribution >= 4 is 39.9 Å². The van der Waals surface area contributed by atoms with Crippen molar-refractivity contribution in [1.82, 2.24) is 15.2 Å². The molecule has 6 heteroatoms. The van der Waals surface area contributed by atoms with Crippen LogP contribution in [0.25, 0.3) is 22.0 Å². The summed E-state index contributed by atoms with van der Waals surface area (Å²) in [6.07, 6.45) is 4.77. The molecule has 3 aromatic carbocycles. The number of H-pyrrole nitrogens is 1. The monoisotopic (exact) mass is 449 g/mol. The number of thioether (sulfide) groups is 1. The van der Waals surface area contributed by atoms with Crippen molar-refractivity contribution in [1.29, 1.82) is 0 Å². The summed E-state index contributed by atoms with van der Waals surface area (Å²) in [5.74, 6) is 2.02. The SMILES string of the molecule is c1ccc(NCc2ccc(-c3cc4c(c(Nc5ccc6[nH]ncc6c5)c3)SCC4)cc2)nc1. The highest BCUT2D eigenvalue weighted by atomic mass is 32.2. The lowest BCUT2D eigenvalue weighted by atomic mass is 9.99. The number of benzene rings is 3. The van der Waals surface area contributed by atoms with Gasteiger partial charge in [0.1, 0.15) is 5.82 Å². The maximum absolute atomic E-state index is 4.32. The Morgan fingerprint density at radius 1 is 0.939 bits per heavy atom. The second-order valence-electron chi connectivity index (χ2n) is 8.17. The van der Waals surface area contributed by atoms with E-state index in [1.54, 1.807) is 6.20 Å². The molecule has 1 aliphatic rings. The van der Waals surface area contributed by atoms with Gasteiger partial charge in [-0.3, -0.25) is 5.10 Å². The van der Waals surface area contributed by atoms with E-state index in [1.165, 1.54) is 32.8 Å². The number of pyridine rings is 1. The zero-order valence-electron chi connectivity index (χ0n) is 18.0. The van der Waals surface area contributed by atoms with Gasteiger partial charge in [0.2, 0.25) is 0 Å². The van der Waals surface area contributed by atoms with E-state index in [9.17, 15) is 0 Å². The summed E-state index contributed by atoms with van der Waals surface area (Å²) >= 11 is 1.93. The van der Waals surface area contributed by atoms with Crippen LogP contribution in [0, 0.1) is 0 Å². The van der Waals surface area contributed by atoms with Crippen LogP contribution in [0.5, 0.6) is 0 Å². The van der Waals surface area contributed by atoms with Crippen LogP contribution in [-0.4, -0.2) is 20.9 Å². The molecule has 0 spiro atoms.